The molecule has 0 aromatic carbocycles. The van der Waals surface area contributed by atoms with Crippen molar-refractivity contribution in [3.05, 3.63) is 0 Å². The zero-order valence-corrected chi connectivity index (χ0v) is 15.6. The van der Waals surface area contributed by atoms with Gasteiger partial charge in [0.05, 0.1) is 12.1 Å². The number of amides is 3. The van der Waals surface area contributed by atoms with Gasteiger partial charge in [0, 0.05) is 37.4 Å². The van der Waals surface area contributed by atoms with Gasteiger partial charge in [-0.2, -0.15) is 11.8 Å². The molecule has 0 aliphatic carbocycles. The second kappa shape index (κ2) is 9.89. The number of thioether (sulfide) groups is 1. The van der Waals surface area contributed by atoms with Crippen LogP contribution in [0.15, 0.2) is 0 Å². The average Bonchev–Trinajstić information content (AvgIpc) is 3.10. The van der Waals surface area contributed by atoms with E-state index in [2.05, 4.69) is 10.6 Å². The number of hydrogen-bond donors (Lipinski definition) is 3. The summed E-state index contributed by atoms with van der Waals surface area (Å²) in [5.74, 6) is 0.368. The molecule has 2 fully saturated rings. The maximum Gasteiger partial charge on any atom is 0.315 e. The third-order valence-electron chi connectivity index (χ3n) is 4.88. The summed E-state index contributed by atoms with van der Waals surface area (Å²) >= 11 is 1.90. The van der Waals surface area contributed by atoms with Crippen LogP contribution in [-0.2, 0) is 9.59 Å². The smallest absolute Gasteiger partial charge is 0.315 e. The highest BCUT2D eigenvalue weighted by molar-refractivity contribution is 8.00. The largest absolute Gasteiger partial charge is 0.481 e. The van der Waals surface area contributed by atoms with Crippen LogP contribution in [0.1, 0.15) is 51.4 Å². The van der Waals surface area contributed by atoms with Crippen molar-refractivity contribution in [3.63, 3.8) is 0 Å². The summed E-state index contributed by atoms with van der Waals surface area (Å²) < 4.78 is 0. The summed E-state index contributed by atoms with van der Waals surface area (Å²) in [5.41, 5.74) is 0. The molecule has 0 aromatic heterocycles. The van der Waals surface area contributed by atoms with Crippen molar-refractivity contribution in [2.24, 2.45) is 0 Å². The molecule has 25 heavy (non-hydrogen) atoms. The first kappa shape index (κ1) is 19.9. The van der Waals surface area contributed by atoms with Crippen molar-refractivity contribution in [3.8, 4) is 0 Å². The van der Waals surface area contributed by atoms with Crippen LogP contribution >= 0.6 is 11.8 Å². The van der Waals surface area contributed by atoms with Crippen LogP contribution in [0.25, 0.3) is 0 Å². The van der Waals surface area contributed by atoms with E-state index in [1.165, 1.54) is 0 Å². The Morgan fingerprint density at radius 1 is 1.16 bits per heavy atom. The van der Waals surface area contributed by atoms with Crippen molar-refractivity contribution >= 4 is 29.7 Å². The van der Waals surface area contributed by atoms with Gasteiger partial charge in [-0.05, 0) is 25.7 Å². The zero-order valence-electron chi connectivity index (χ0n) is 14.8. The summed E-state index contributed by atoms with van der Waals surface area (Å²) in [6.07, 6.45) is 6.02. The number of urea groups is 1. The van der Waals surface area contributed by atoms with Crippen LogP contribution in [0, 0.1) is 0 Å². The van der Waals surface area contributed by atoms with E-state index in [1.807, 2.05) is 18.8 Å². The predicted molar refractivity (Wildman–Crippen MR) is 97.7 cm³/mol. The predicted octanol–water partition coefficient (Wildman–Crippen LogP) is 1.82. The lowest BCUT2D eigenvalue weighted by molar-refractivity contribution is -0.137. The molecule has 0 bridgehead atoms. The molecule has 0 aromatic rings. The number of rotatable bonds is 11. The molecule has 0 unspecified atom stereocenters. The molecule has 0 spiro atoms. The van der Waals surface area contributed by atoms with E-state index in [0.717, 1.165) is 37.9 Å². The molecule has 7 nitrogen and oxygen atoms in total. The van der Waals surface area contributed by atoms with Crippen LogP contribution in [0.2, 0.25) is 0 Å². The van der Waals surface area contributed by atoms with E-state index in [1.54, 1.807) is 4.90 Å². The van der Waals surface area contributed by atoms with Crippen molar-refractivity contribution in [1.82, 2.24) is 15.5 Å². The number of carbonyl (C=O) groups is 3. The SMILES string of the molecule is CN(CCCCCC(=O)O)C(=O)CCCC[C@@H]1SC[C@@H]2NC(=O)N[C@@H]21. The van der Waals surface area contributed by atoms with E-state index >= 15 is 0 Å². The molecule has 3 N–H and O–H groups in total. The number of carboxylic acids is 1. The molecule has 2 saturated heterocycles. The first-order valence-electron chi connectivity index (χ1n) is 9.12. The fraction of sp³-hybridized carbons (Fsp3) is 0.824. The van der Waals surface area contributed by atoms with Gasteiger partial charge in [0.2, 0.25) is 5.91 Å². The molecule has 2 aliphatic heterocycles. The molecule has 142 valence electrons. The van der Waals surface area contributed by atoms with Gasteiger partial charge in [0.25, 0.3) is 0 Å². The summed E-state index contributed by atoms with van der Waals surface area (Å²) in [7, 11) is 1.82. The summed E-state index contributed by atoms with van der Waals surface area (Å²) in [5, 5.41) is 15.0. The Kier molecular flexibility index (Phi) is 7.87. The minimum absolute atomic E-state index is 0.0551. The third kappa shape index (κ3) is 6.41. The molecule has 0 saturated carbocycles. The first-order valence-corrected chi connectivity index (χ1v) is 10.2. The molecule has 2 aliphatic rings. The van der Waals surface area contributed by atoms with Crippen molar-refractivity contribution in [2.45, 2.75) is 68.7 Å². The van der Waals surface area contributed by atoms with Crippen LogP contribution in [-0.4, -0.2) is 64.6 Å². The van der Waals surface area contributed by atoms with E-state index in [4.69, 9.17) is 5.11 Å². The van der Waals surface area contributed by atoms with Gasteiger partial charge in [-0.1, -0.05) is 12.8 Å². The van der Waals surface area contributed by atoms with Gasteiger partial charge in [0.15, 0.2) is 0 Å². The number of unbranched alkanes of at least 4 members (excludes halogenated alkanes) is 3. The van der Waals surface area contributed by atoms with Gasteiger partial charge >= 0.3 is 12.0 Å². The molecule has 3 atom stereocenters. The standard InChI is InChI=1S/C17H29N3O4S/c1-20(10-6-2-3-9-15(22)23)14(21)8-5-4-7-13-16-12(11-25-13)18-17(24)19-16/h12-13,16H,2-11H2,1H3,(H,22,23)(H2,18,19,24)/t12-,13-,16-/m0/s1. The highest BCUT2D eigenvalue weighted by atomic mass is 32.2. The molecule has 2 heterocycles. The number of carbonyl (C=O) groups excluding carboxylic acids is 2. The molecule has 8 heteroatoms. The Morgan fingerprint density at radius 3 is 2.68 bits per heavy atom. The number of hydrogen-bond acceptors (Lipinski definition) is 4. The normalized spacial score (nSPS) is 24.5. The number of nitrogens with zero attached hydrogens (tertiary/aromatic N) is 1. The van der Waals surface area contributed by atoms with Gasteiger partial charge in [0.1, 0.15) is 0 Å². The fourth-order valence-electron chi connectivity index (χ4n) is 3.38. The quantitative estimate of drug-likeness (QED) is 0.380. The van der Waals surface area contributed by atoms with Crippen LogP contribution in [0.4, 0.5) is 4.79 Å². The molecular weight excluding hydrogens is 342 g/mol. The lowest BCUT2D eigenvalue weighted by atomic mass is 10.0. The van der Waals surface area contributed by atoms with Gasteiger partial charge in [-0.15, -0.1) is 0 Å². The molecule has 2 rings (SSSR count). The second-order valence-electron chi connectivity index (χ2n) is 6.89. The van der Waals surface area contributed by atoms with Gasteiger partial charge in [-0.3, -0.25) is 9.59 Å². The van der Waals surface area contributed by atoms with Crippen molar-refractivity contribution < 1.29 is 19.5 Å². The van der Waals surface area contributed by atoms with Crippen LogP contribution < -0.4 is 10.6 Å². The Balaban J connectivity index is 1.51. The Hall–Kier alpha value is -1.44. The Labute approximate surface area is 153 Å². The maximum absolute atomic E-state index is 12.1. The number of carboxylic acid groups (broad SMARTS) is 1. The lowest BCUT2D eigenvalue weighted by Crippen LogP contribution is -2.36. The summed E-state index contributed by atoms with van der Waals surface area (Å²) in [6.45, 7) is 0.693. The third-order valence-corrected chi connectivity index (χ3v) is 6.39. The topological polar surface area (TPSA) is 98.7 Å². The van der Waals surface area contributed by atoms with E-state index in [0.29, 0.717) is 24.6 Å². The lowest BCUT2D eigenvalue weighted by Gasteiger charge is -2.18. The molecule has 3 amide bonds. The molecule has 0 radical (unpaired) electrons. The molecular formula is C17H29N3O4S. The number of aliphatic carboxylic acids is 1. The number of fused-ring (bicyclic) bond motifs is 1. The monoisotopic (exact) mass is 371 g/mol. The zero-order chi connectivity index (χ0) is 18.2. The summed E-state index contributed by atoms with van der Waals surface area (Å²) in [4.78, 5) is 35.6. The van der Waals surface area contributed by atoms with Gasteiger partial charge < -0.3 is 20.6 Å². The maximum atomic E-state index is 12.1. The van der Waals surface area contributed by atoms with Gasteiger partial charge in [-0.25, -0.2) is 4.79 Å². The summed E-state index contributed by atoms with van der Waals surface area (Å²) in [6, 6.07) is 0.443. The minimum Gasteiger partial charge on any atom is -0.481 e. The average molecular weight is 372 g/mol. The Morgan fingerprint density at radius 2 is 1.92 bits per heavy atom. The van der Waals surface area contributed by atoms with E-state index in [9.17, 15) is 14.4 Å². The van der Waals surface area contributed by atoms with E-state index < -0.39 is 5.97 Å². The van der Waals surface area contributed by atoms with Crippen LogP contribution in [0.3, 0.4) is 0 Å². The van der Waals surface area contributed by atoms with Crippen molar-refractivity contribution in [1.29, 1.82) is 0 Å². The van der Waals surface area contributed by atoms with Crippen molar-refractivity contribution in [2.75, 3.05) is 19.3 Å². The van der Waals surface area contributed by atoms with Crippen LogP contribution in [0.5, 0.6) is 0 Å². The number of nitrogens with one attached hydrogen (secondary N) is 2. The fourth-order valence-corrected chi connectivity index (χ4v) is 4.93. The second-order valence-corrected chi connectivity index (χ2v) is 8.16. The Bertz CT molecular complexity index is 489. The minimum atomic E-state index is -0.760. The first-order chi connectivity index (χ1) is 12.0. The highest BCUT2D eigenvalue weighted by Crippen LogP contribution is 2.33. The highest BCUT2D eigenvalue weighted by Gasteiger charge is 2.42. The van der Waals surface area contributed by atoms with E-state index in [-0.39, 0.29) is 30.4 Å².